The molecule has 1 saturated heterocycles. The predicted molar refractivity (Wildman–Crippen MR) is 87.5 cm³/mol. The molecule has 1 aliphatic heterocycles. The molecule has 21 heavy (non-hydrogen) atoms. The highest BCUT2D eigenvalue weighted by Crippen LogP contribution is 2.21. The standard InChI is InChI=1S/C18H26N2O/c1-14(2)11-19-12-15-5-6-18-16(10-15)7-8-20(18)13-17-4-3-9-21-17/h5-8,10,14,17,19H,3-4,9,11-13H2,1-2H3. The smallest absolute Gasteiger partial charge is 0.0754 e. The molecule has 0 bridgehead atoms. The van der Waals surface area contributed by atoms with Crippen molar-refractivity contribution < 1.29 is 4.74 Å². The molecule has 114 valence electrons. The van der Waals surface area contributed by atoms with Crippen molar-refractivity contribution in [1.29, 1.82) is 0 Å². The van der Waals surface area contributed by atoms with Crippen molar-refractivity contribution >= 4 is 10.9 Å². The minimum atomic E-state index is 0.396. The number of hydrogen-bond acceptors (Lipinski definition) is 2. The van der Waals surface area contributed by atoms with Crippen LogP contribution in [0.25, 0.3) is 10.9 Å². The number of fused-ring (bicyclic) bond motifs is 1. The summed E-state index contributed by atoms with van der Waals surface area (Å²) in [7, 11) is 0. The minimum absolute atomic E-state index is 0.396. The average Bonchev–Trinajstić information content (AvgIpc) is 3.09. The van der Waals surface area contributed by atoms with Crippen LogP contribution in [-0.4, -0.2) is 23.8 Å². The molecule has 1 atom stereocenters. The van der Waals surface area contributed by atoms with E-state index in [1.807, 2.05) is 0 Å². The van der Waals surface area contributed by atoms with Crippen LogP contribution in [0.3, 0.4) is 0 Å². The zero-order valence-electron chi connectivity index (χ0n) is 13.1. The topological polar surface area (TPSA) is 26.2 Å². The van der Waals surface area contributed by atoms with Gasteiger partial charge in [-0.3, -0.25) is 0 Å². The zero-order valence-corrected chi connectivity index (χ0v) is 13.1. The van der Waals surface area contributed by atoms with Gasteiger partial charge >= 0.3 is 0 Å². The molecule has 0 radical (unpaired) electrons. The van der Waals surface area contributed by atoms with Crippen molar-refractivity contribution in [3.8, 4) is 0 Å². The summed E-state index contributed by atoms with van der Waals surface area (Å²) in [5.74, 6) is 0.696. The molecule has 0 aliphatic carbocycles. The summed E-state index contributed by atoms with van der Waals surface area (Å²) in [6, 6.07) is 9.00. The SMILES string of the molecule is CC(C)CNCc1ccc2c(ccn2CC2CCCO2)c1. The monoisotopic (exact) mass is 286 g/mol. The Hall–Kier alpha value is -1.32. The third-order valence-electron chi connectivity index (χ3n) is 4.14. The van der Waals surface area contributed by atoms with Crippen molar-refractivity contribution in [2.24, 2.45) is 5.92 Å². The quantitative estimate of drug-likeness (QED) is 0.878. The van der Waals surface area contributed by atoms with Crippen LogP contribution in [0.5, 0.6) is 0 Å². The van der Waals surface area contributed by atoms with Gasteiger partial charge in [0.05, 0.1) is 6.10 Å². The molecule has 1 fully saturated rings. The number of nitrogens with one attached hydrogen (secondary N) is 1. The molecule has 2 heterocycles. The maximum absolute atomic E-state index is 5.74. The van der Waals surface area contributed by atoms with E-state index in [2.05, 4.69) is 54.2 Å². The largest absolute Gasteiger partial charge is 0.376 e. The lowest BCUT2D eigenvalue weighted by molar-refractivity contribution is 0.0980. The molecule has 0 spiro atoms. The Morgan fingerprint density at radius 2 is 2.24 bits per heavy atom. The van der Waals surface area contributed by atoms with E-state index >= 15 is 0 Å². The van der Waals surface area contributed by atoms with Crippen LogP contribution in [-0.2, 0) is 17.8 Å². The molecule has 0 saturated carbocycles. The Labute approximate surface area is 127 Å². The lowest BCUT2D eigenvalue weighted by Gasteiger charge is -2.12. The third-order valence-corrected chi connectivity index (χ3v) is 4.14. The lowest BCUT2D eigenvalue weighted by atomic mass is 10.1. The highest BCUT2D eigenvalue weighted by atomic mass is 16.5. The van der Waals surface area contributed by atoms with E-state index in [-0.39, 0.29) is 0 Å². The first-order valence-corrected chi connectivity index (χ1v) is 8.12. The molecule has 2 aromatic rings. The fraction of sp³-hybridized carbons (Fsp3) is 0.556. The first-order chi connectivity index (χ1) is 10.2. The average molecular weight is 286 g/mol. The Kier molecular flexibility index (Phi) is 4.61. The molecular weight excluding hydrogens is 260 g/mol. The van der Waals surface area contributed by atoms with Crippen LogP contribution in [0.2, 0.25) is 0 Å². The van der Waals surface area contributed by atoms with Gasteiger partial charge in [0.2, 0.25) is 0 Å². The van der Waals surface area contributed by atoms with Crippen LogP contribution in [0, 0.1) is 5.92 Å². The Bertz CT molecular complexity index is 582. The van der Waals surface area contributed by atoms with Crippen LogP contribution in [0.1, 0.15) is 32.3 Å². The van der Waals surface area contributed by atoms with Gasteiger partial charge in [-0.05, 0) is 54.5 Å². The molecule has 3 rings (SSSR count). The maximum Gasteiger partial charge on any atom is 0.0754 e. The Morgan fingerprint density at radius 3 is 3.00 bits per heavy atom. The van der Waals surface area contributed by atoms with Crippen molar-refractivity contribution in [3.63, 3.8) is 0 Å². The summed E-state index contributed by atoms with van der Waals surface area (Å²) >= 11 is 0. The molecule has 3 nitrogen and oxygen atoms in total. The first-order valence-electron chi connectivity index (χ1n) is 8.12. The number of benzene rings is 1. The second kappa shape index (κ2) is 6.63. The summed E-state index contributed by atoms with van der Waals surface area (Å²) in [6.45, 7) is 8.40. The van der Waals surface area contributed by atoms with E-state index in [4.69, 9.17) is 4.74 Å². The number of aromatic nitrogens is 1. The fourth-order valence-electron chi connectivity index (χ4n) is 3.03. The molecule has 1 N–H and O–H groups in total. The first kappa shape index (κ1) is 14.6. The summed E-state index contributed by atoms with van der Waals surface area (Å²) in [5, 5.41) is 4.83. The molecular formula is C18H26N2O. The van der Waals surface area contributed by atoms with Gasteiger partial charge in [-0.25, -0.2) is 0 Å². The van der Waals surface area contributed by atoms with Gasteiger partial charge in [-0.1, -0.05) is 19.9 Å². The van der Waals surface area contributed by atoms with E-state index in [1.54, 1.807) is 0 Å². The minimum Gasteiger partial charge on any atom is -0.376 e. The highest BCUT2D eigenvalue weighted by molar-refractivity contribution is 5.80. The summed E-state index contributed by atoms with van der Waals surface area (Å²) in [4.78, 5) is 0. The Balaban J connectivity index is 1.68. The number of nitrogens with zero attached hydrogens (tertiary/aromatic N) is 1. The van der Waals surface area contributed by atoms with Gasteiger partial charge in [0.15, 0.2) is 0 Å². The molecule has 3 heteroatoms. The van der Waals surface area contributed by atoms with Gasteiger partial charge < -0.3 is 14.6 Å². The fourth-order valence-corrected chi connectivity index (χ4v) is 3.03. The van der Waals surface area contributed by atoms with E-state index in [0.717, 1.165) is 26.2 Å². The molecule has 0 amide bonds. The number of hydrogen-bond donors (Lipinski definition) is 1. The van der Waals surface area contributed by atoms with E-state index in [0.29, 0.717) is 12.0 Å². The van der Waals surface area contributed by atoms with Crippen LogP contribution < -0.4 is 5.32 Å². The summed E-state index contributed by atoms with van der Waals surface area (Å²) in [5.41, 5.74) is 2.68. The summed E-state index contributed by atoms with van der Waals surface area (Å²) in [6.07, 6.45) is 4.98. The van der Waals surface area contributed by atoms with Crippen molar-refractivity contribution in [3.05, 3.63) is 36.0 Å². The van der Waals surface area contributed by atoms with E-state index in [9.17, 15) is 0 Å². The number of rotatable bonds is 6. The van der Waals surface area contributed by atoms with Crippen molar-refractivity contribution in [2.75, 3.05) is 13.2 Å². The van der Waals surface area contributed by atoms with Crippen LogP contribution in [0.4, 0.5) is 0 Å². The van der Waals surface area contributed by atoms with E-state index in [1.165, 1.54) is 29.3 Å². The summed E-state index contributed by atoms with van der Waals surface area (Å²) < 4.78 is 8.07. The normalized spacial score (nSPS) is 18.9. The van der Waals surface area contributed by atoms with Gasteiger partial charge in [-0.2, -0.15) is 0 Å². The predicted octanol–water partition coefficient (Wildman–Crippen LogP) is 3.57. The lowest BCUT2D eigenvalue weighted by Crippen LogP contribution is -2.18. The van der Waals surface area contributed by atoms with Crippen LogP contribution in [0.15, 0.2) is 30.5 Å². The van der Waals surface area contributed by atoms with Gasteiger partial charge in [0.25, 0.3) is 0 Å². The molecule has 1 aliphatic rings. The third kappa shape index (κ3) is 3.66. The van der Waals surface area contributed by atoms with Crippen LogP contribution >= 0.6 is 0 Å². The molecule has 1 aromatic heterocycles. The zero-order chi connectivity index (χ0) is 14.7. The Morgan fingerprint density at radius 1 is 1.33 bits per heavy atom. The van der Waals surface area contributed by atoms with Crippen molar-refractivity contribution in [1.82, 2.24) is 9.88 Å². The van der Waals surface area contributed by atoms with Gasteiger partial charge in [0, 0.05) is 31.4 Å². The highest BCUT2D eigenvalue weighted by Gasteiger charge is 2.16. The second-order valence-corrected chi connectivity index (χ2v) is 6.52. The van der Waals surface area contributed by atoms with Gasteiger partial charge in [-0.15, -0.1) is 0 Å². The van der Waals surface area contributed by atoms with Crippen molar-refractivity contribution in [2.45, 2.75) is 45.9 Å². The second-order valence-electron chi connectivity index (χ2n) is 6.52. The van der Waals surface area contributed by atoms with Gasteiger partial charge in [0.1, 0.15) is 0 Å². The molecule has 1 unspecified atom stereocenters. The van der Waals surface area contributed by atoms with E-state index < -0.39 is 0 Å². The molecule has 1 aromatic carbocycles. The maximum atomic E-state index is 5.74. The number of ether oxygens (including phenoxy) is 1.